The molecule has 1 unspecified atom stereocenters. The molecule has 88 valence electrons. The van der Waals surface area contributed by atoms with Gasteiger partial charge in [-0.15, -0.1) is 29.8 Å². The molecule has 16 heavy (non-hydrogen) atoms. The predicted octanol–water partition coefficient (Wildman–Crippen LogP) is 3.37. The van der Waals surface area contributed by atoms with Gasteiger partial charge in [-0.2, -0.15) is 0 Å². The van der Waals surface area contributed by atoms with Crippen LogP contribution in [0.1, 0.15) is 12.8 Å². The standard InChI is InChI=1S/C12H14Cl2O2/c1-2-3-8-4-11-12(16-7-15-11)10(6-14)9(8)5-13/h2,11H,1,3-7H2. The summed E-state index contributed by atoms with van der Waals surface area (Å²) in [7, 11) is 0. The average Bonchev–Trinajstić information content (AvgIpc) is 2.75. The van der Waals surface area contributed by atoms with Crippen LogP contribution in [0.4, 0.5) is 0 Å². The fraction of sp³-hybridized carbons (Fsp3) is 0.500. The largest absolute Gasteiger partial charge is 0.469 e. The summed E-state index contributed by atoms with van der Waals surface area (Å²) in [6.07, 6.45) is 3.57. The van der Waals surface area contributed by atoms with Gasteiger partial charge in [-0.1, -0.05) is 11.6 Å². The summed E-state index contributed by atoms with van der Waals surface area (Å²) in [5.41, 5.74) is 3.37. The molecule has 0 bridgehead atoms. The van der Waals surface area contributed by atoms with E-state index in [1.54, 1.807) is 0 Å². The Morgan fingerprint density at radius 2 is 2.06 bits per heavy atom. The van der Waals surface area contributed by atoms with E-state index < -0.39 is 0 Å². The van der Waals surface area contributed by atoms with Gasteiger partial charge in [-0.25, -0.2) is 0 Å². The predicted molar refractivity (Wildman–Crippen MR) is 65.7 cm³/mol. The van der Waals surface area contributed by atoms with E-state index in [0.29, 0.717) is 18.6 Å². The minimum Gasteiger partial charge on any atom is -0.469 e. The minimum absolute atomic E-state index is 0.0238. The molecular weight excluding hydrogens is 247 g/mol. The van der Waals surface area contributed by atoms with Crippen molar-refractivity contribution in [2.24, 2.45) is 0 Å². The lowest BCUT2D eigenvalue weighted by Crippen LogP contribution is -2.19. The van der Waals surface area contributed by atoms with Crippen molar-refractivity contribution in [2.45, 2.75) is 18.9 Å². The molecule has 0 aromatic rings. The fourth-order valence-corrected chi connectivity index (χ4v) is 2.84. The van der Waals surface area contributed by atoms with E-state index in [1.165, 1.54) is 5.57 Å². The van der Waals surface area contributed by atoms with Crippen molar-refractivity contribution in [2.75, 3.05) is 18.6 Å². The third-order valence-corrected chi connectivity index (χ3v) is 3.49. The molecule has 0 saturated carbocycles. The van der Waals surface area contributed by atoms with E-state index in [9.17, 15) is 0 Å². The van der Waals surface area contributed by atoms with Gasteiger partial charge in [0.15, 0.2) is 6.79 Å². The molecule has 0 N–H and O–H groups in total. The van der Waals surface area contributed by atoms with E-state index in [4.69, 9.17) is 32.7 Å². The maximum absolute atomic E-state index is 5.99. The zero-order valence-corrected chi connectivity index (χ0v) is 10.5. The molecule has 1 aliphatic carbocycles. The Bertz CT molecular complexity index is 358. The summed E-state index contributed by atoms with van der Waals surface area (Å²) in [5, 5.41) is 0. The summed E-state index contributed by atoms with van der Waals surface area (Å²) in [6, 6.07) is 0. The monoisotopic (exact) mass is 260 g/mol. The first-order valence-corrected chi connectivity index (χ1v) is 6.30. The second-order valence-corrected chi connectivity index (χ2v) is 4.34. The van der Waals surface area contributed by atoms with E-state index in [2.05, 4.69) is 6.58 Å². The number of alkyl halides is 2. The zero-order chi connectivity index (χ0) is 11.5. The Kier molecular flexibility index (Phi) is 3.95. The molecule has 1 atom stereocenters. The highest BCUT2D eigenvalue weighted by molar-refractivity contribution is 6.22. The molecule has 2 nitrogen and oxygen atoms in total. The van der Waals surface area contributed by atoms with Gasteiger partial charge in [0.25, 0.3) is 0 Å². The van der Waals surface area contributed by atoms with Crippen LogP contribution < -0.4 is 0 Å². The Labute approximate surface area is 106 Å². The van der Waals surface area contributed by atoms with E-state index in [-0.39, 0.29) is 6.10 Å². The molecule has 1 aliphatic heterocycles. The Morgan fingerprint density at radius 1 is 1.31 bits per heavy atom. The van der Waals surface area contributed by atoms with Gasteiger partial charge >= 0.3 is 0 Å². The Morgan fingerprint density at radius 3 is 2.69 bits per heavy atom. The Balaban J connectivity index is 2.40. The molecule has 1 saturated heterocycles. The maximum atomic E-state index is 5.99. The lowest BCUT2D eigenvalue weighted by atomic mass is 9.88. The molecule has 2 rings (SSSR count). The highest BCUT2D eigenvalue weighted by atomic mass is 35.5. The molecule has 0 spiro atoms. The summed E-state index contributed by atoms with van der Waals surface area (Å²) < 4.78 is 11.0. The van der Waals surface area contributed by atoms with Crippen LogP contribution >= 0.6 is 23.2 Å². The van der Waals surface area contributed by atoms with Crippen molar-refractivity contribution in [3.63, 3.8) is 0 Å². The lowest BCUT2D eigenvalue weighted by Gasteiger charge is -2.24. The van der Waals surface area contributed by atoms with Crippen LogP contribution in [0.25, 0.3) is 0 Å². The molecule has 1 heterocycles. The van der Waals surface area contributed by atoms with Gasteiger partial charge in [-0.3, -0.25) is 0 Å². The topological polar surface area (TPSA) is 18.5 Å². The van der Waals surface area contributed by atoms with Crippen LogP contribution in [-0.4, -0.2) is 24.7 Å². The minimum atomic E-state index is 0.0238. The van der Waals surface area contributed by atoms with E-state index >= 15 is 0 Å². The quantitative estimate of drug-likeness (QED) is 0.570. The summed E-state index contributed by atoms with van der Waals surface area (Å²) >= 11 is 12.0. The van der Waals surface area contributed by atoms with E-state index in [0.717, 1.165) is 29.7 Å². The SMILES string of the molecule is C=CCC1=C(CCl)C(CCl)=C2OCOC2C1. The number of fused-ring (bicyclic) bond motifs is 1. The molecule has 0 amide bonds. The van der Waals surface area contributed by atoms with Gasteiger partial charge in [0.1, 0.15) is 11.9 Å². The summed E-state index contributed by atoms with van der Waals surface area (Å²) in [5.74, 6) is 1.75. The van der Waals surface area contributed by atoms with Gasteiger partial charge in [0.05, 0.1) is 5.88 Å². The van der Waals surface area contributed by atoms with Gasteiger partial charge in [0, 0.05) is 17.9 Å². The smallest absolute Gasteiger partial charge is 0.189 e. The average molecular weight is 261 g/mol. The first-order chi connectivity index (χ1) is 7.81. The molecule has 2 aliphatic rings. The van der Waals surface area contributed by atoms with Crippen molar-refractivity contribution in [3.8, 4) is 0 Å². The summed E-state index contributed by atoms with van der Waals surface area (Å²) in [4.78, 5) is 0. The van der Waals surface area contributed by atoms with Crippen molar-refractivity contribution < 1.29 is 9.47 Å². The first kappa shape index (κ1) is 12.0. The van der Waals surface area contributed by atoms with Crippen molar-refractivity contribution in [3.05, 3.63) is 35.1 Å². The normalized spacial score (nSPS) is 24.5. The molecule has 1 fully saturated rings. The molecule has 0 aromatic carbocycles. The first-order valence-electron chi connectivity index (χ1n) is 5.23. The van der Waals surface area contributed by atoms with Crippen LogP contribution in [0.3, 0.4) is 0 Å². The molecule has 0 radical (unpaired) electrons. The number of halogens is 2. The fourth-order valence-electron chi connectivity index (χ4n) is 2.19. The number of hydrogen-bond donors (Lipinski definition) is 0. The summed E-state index contributed by atoms with van der Waals surface area (Å²) in [6.45, 7) is 4.08. The molecule has 4 heteroatoms. The third kappa shape index (κ3) is 2.02. The second kappa shape index (κ2) is 5.26. The highest BCUT2D eigenvalue weighted by Gasteiger charge is 2.33. The van der Waals surface area contributed by atoms with Crippen molar-refractivity contribution >= 4 is 23.2 Å². The van der Waals surface area contributed by atoms with Crippen LogP contribution in [0.2, 0.25) is 0 Å². The highest BCUT2D eigenvalue weighted by Crippen LogP contribution is 2.38. The molecule has 0 aromatic heterocycles. The third-order valence-electron chi connectivity index (χ3n) is 2.95. The van der Waals surface area contributed by atoms with Crippen LogP contribution in [0.5, 0.6) is 0 Å². The van der Waals surface area contributed by atoms with Gasteiger partial charge < -0.3 is 9.47 Å². The number of rotatable bonds is 4. The number of ether oxygens (including phenoxy) is 2. The second-order valence-electron chi connectivity index (χ2n) is 3.81. The zero-order valence-electron chi connectivity index (χ0n) is 8.97. The van der Waals surface area contributed by atoms with E-state index in [1.807, 2.05) is 6.08 Å². The van der Waals surface area contributed by atoms with Crippen LogP contribution in [0, 0.1) is 0 Å². The van der Waals surface area contributed by atoms with Gasteiger partial charge in [-0.05, 0) is 12.0 Å². The van der Waals surface area contributed by atoms with Crippen LogP contribution in [-0.2, 0) is 9.47 Å². The Hall–Kier alpha value is -0.440. The maximum Gasteiger partial charge on any atom is 0.189 e. The van der Waals surface area contributed by atoms with Gasteiger partial charge in [0.2, 0.25) is 0 Å². The van der Waals surface area contributed by atoms with Crippen molar-refractivity contribution in [1.29, 1.82) is 0 Å². The lowest BCUT2D eigenvalue weighted by molar-refractivity contribution is 0.0499. The van der Waals surface area contributed by atoms with Crippen LogP contribution in [0.15, 0.2) is 35.1 Å². The number of allylic oxidation sites excluding steroid dienone is 3. The molecular formula is C12H14Cl2O2. The number of hydrogen-bond acceptors (Lipinski definition) is 2. The van der Waals surface area contributed by atoms with Crippen molar-refractivity contribution in [1.82, 2.24) is 0 Å².